The highest BCUT2D eigenvalue weighted by Crippen LogP contribution is 2.45. The van der Waals surface area contributed by atoms with E-state index in [1.165, 1.54) is 56.5 Å². The van der Waals surface area contributed by atoms with Gasteiger partial charge in [0.25, 0.3) is 0 Å². The van der Waals surface area contributed by atoms with E-state index in [4.69, 9.17) is 4.74 Å². The molecule has 0 fully saturated rings. The number of sulfone groups is 1. The maximum absolute atomic E-state index is 14.4. The molecule has 2 aromatic carbocycles. The summed E-state index contributed by atoms with van der Waals surface area (Å²) in [6.45, 7) is 3.13. The Kier molecular flexibility index (Phi) is 6.79. The molecular formula is C23H23F3N2O5S. The Labute approximate surface area is 194 Å². The molecular weight excluding hydrogens is 473 g/mol. The van der Waals surface area contributed by atoms with Crippen LogP contribution in [0.5, 0.6) is 5.75 Å². The van der Waals surface area contributed by atoms with Crippen LogP contribution in [-0.4, -0.2) is 42.6 Å². The van der Waals surface area contributed by atoms with E-state index in [9.17, 15) is 31.5 Å². The summed E-state index contributed by atoms with van der Waals surface area (Å²) in [5.41, 5.74) is -0.667. The lowest BCUT2D eigenvalue weighted by molar-refractivity contribution is -0.149. The summed E-state index contributed by atoms with van der Waals surface area (Å²) in [6.07, 6.45) is -4.04. The Morgan fingerprint density at radius 2 is 1.74 bits per heavy atom. The summed E-state index contributed by atoms with van der Waals surface area (Å²) >= 11 is 0. The second kappa shape index (κ2) is 9.13. The second-order valence-corrected chi connectivity index (χ2v) is 9.77. The molecule has 0 aliphatic carbocycles. The molecule has 0 spiro atoms. The number of alkyl halides is 3. The van der Waals surface area contributed by atoms with Gasteiger partial charge >= 0.3 is 12.1 Å². The van der Waals surface area contributed by atoms with Gasteiger partial charge in [0.15, 0.2) is 15.5 Å². The van der Waals surface area contributed by atoms with Crippen LogP contribution in [0, 0.1) is 6.92 Å². The van der Waals surface area contributed by atoms with E-state index >= 15 is 0 Å². The Balaban J connectivity index is 2.41. The third kappa shape index (κ3) is 4.79. The molecule has 7 nitrogen and oxygen atoms in total. The van der Waals surface area contributed by atoms with Crippen LogP contribution in [0.25, 0.3) is 22.4 Å². The number of carboxylic acids is 1. The van der Waals surface area contributed by atoms with E-state index in [2.05, 4.69) is 5.10 Å². The molecule has 34 heavy (non-hydrogen) atoms. The highest BCUT2D eigenvalue weighted by Gasteiger charge is 2.43. The van der Waals surface area contributed by atoms with Gasteiger partial charge in [0, 0.05) is 17.4 Å². The number of hydrogen-bond acceptors (Lipinski definition) is 5. The van der Waals surface area contributed by atoms with Crippen LogP contribution < -0.4 is 4.74 Å². The van der Waals surface area contributed by atoms with E-state index in [1.807, 2.05) is 0 Å². The third-order valence-corrected chi connectivity index (χ3v) is 6.51. The topological polar surface area (TPSA) is 98.5 Å². The van der Waals surface area contributed by atoms with Gasteiger partial charge in [-0.15, -0.1) is 0 Å². The molecule has 0 aliphatic rings. The summed E-state index contributed by atoms with van der Waals surface area (Å²) < 4.78 is 72.5. The standard InChI is InChI=1S/C23H23F3N2O5S/c1-5-17(22(29)30)28-21(23(24,25)26)19(15-8-11-18(33-3)13(2)12-15)20(27-28)14-6-9-16(10-7-14)34(4,31)32/h6-12,17H,5H2,1-4H3,(H,29,30). The number of ether oxygens (including phenoxy) is 1. The van der Waals surface area contributed by atoms with E-state index in [0.717, 1.165) is 6.26 Å². The van der Waals surface area contributed by atoms with Crippen LogP contribution in [-0.2, 0) is 20.8 Å². The van der Waals surface area contributed by atoms with Crippen LogP contribution in [0.2, 0.25) is 0 Å². The molecule has 3 rings (SSSR count). The number of hydrogen-bond donors (Lipinski definition) is 1. The predicted molar refractivity (Wildman–Crippen MR) is 119 cm³/mol. The lowest BCUT2D eigenvalue weighted by Gasteiger charge is -2.17. The summed E-state index contributed by atoms with van der Waals surface area (Å²) in [5.74, 6) is -0.979. The van der Waals surface area contributed by atoms with Gasteiger partial charge < -0.3 is 9.84 Å². The van der Waals surface area contributed by atoms with E-state index in [0.29, 0.717) is 16.0 Å². The zero-order valence-corrected chi connectivity index (χ0v) is 19.7. The van der Waals surface area contributed by atoms with Gasteiger partial charge in [-0.25, -0.2) is 17.9 Å². The van der Waals surface area contributed by atoms with Crippen molar-refractivity contribution in [3.05, 3.63) is 53.7 Å². The van der Waals surface area contributed by atoms with Crippen molar-refractivity contribution < 1.29 is 36.2 Å². The fraction of sp³-hybridized carbons (Fsp3) is 0.304. The number of aromatic nitrogens is 2. The minimum absolute atomic E-state index is 0.00876. The van der Waals surface area contributed by atoms with Gasteiger partial charge in [0.05, 0.1) is 12.0 Å². The first-order valence-electron chi connectivity index (χ1n) is 10.2. The minimum atomic E-state index is -4.93. The third-order valence-electron chi connectivity index (χ3n) is 5.39. The zero-order chi connectivity index (χ0) is 25.4. The molecule has 1 heterocycles. The van der Waals surface area contributed by atoms with Gasteiger partial charge in [0.1, 0.15) is 17.5 Å². The first-order valence-corrected chi connectivity index (χ1v) is 12.1. The molecule has 0 bridgehead atoms. The maximum atomic E-state index is 14.4. The van der Waals surface area contributed by atoms with E-state index < -0.39 is 33.7 Å². The number of aryl methyl sites for hydroxylation is 1. The van der Waals surface area contributed by atoms with Gasteiger partial charge in [-0.1, -0.05) is 25.1 Å². The van der Waals surface area contributed by atoms with Crippen LogP contribution >= 0.6 is 0 Å². The fourth-order valence-electron chi connectivity index (χ4n) is 3.75. The monoisotopic (exact) mass is 496 g/mol. The predicted octanol–water partition coefficient (Wildman–Crippen LogP) is 4.99. The van der Waals surface area contributed by atoms with Crippen molar-refractivity contribution in [3.8, 4) is 28.1 Å². The number of carboxylic acid groups (broad SMARTS) is 1. The molecule has 0 amide bonds. The van der Waals surface area contributed by atoms with Crippen LogP contribution in [0.4, 0.5) is 13.2 Å². The minimum Gasteiger partial charge on any atom is -0.496 e. The molecule has 1 atom stereocenters. The lowest BCUT2D eigenvalue weighted by Crippen LogP contribution is -2.25. The number of halogens is 3. The van der Waals surface area contributed by atoms with Gasteiger partial charge in [-0.05, 0) is 48.7 Å². The molecule has 3 aromatic rings. The number of carbonyl (C=O) groups is 1. The number of aliphatic carboxylic acids is 1. The smallest absolute Gasteiger partial charge is 0.433 e. The van der Waals surface area contributed by atoms with Crippen molar-refractivity contribution in [1.82, 2.24) is 9.78 Å². The fourth-order valence-corrected chi connectivity index (χ4v) is 4.38. The highest BCUT2D eigenvalue weighted by molar-refractivity contribution is 7.90. The van der Waals surface area contributed by atoms with Crippen LogP contribution in [0.3, 0.4) is 0 Å². The molecule has 1 aromatic heterocycles. The van der Waals surface area contributed by atoms with Gasteiger partial charge in [-0.2, -0.15) is 18.3 Å². The normalized spacial score (nSPS) is 13.0. The molecule has 1 unspecified atom stereocenters. The quantitative estimate of drug-likeness (QED) is 0.495. The molecule has 0 radical (unpaired) electrons. The maximum Gasteiger partial charge on any atom is 0.433 e. The lowest BCUT2D eigenvalue weighted by atomic mass is 9.96. The van der Waals surface area contributed by atoms with Crippen molar-refractivity contribution in [2.75, 3.05) is 13.4 Å². The SMILES string of the molecule is CCC(C(=O)O)n1nc(-c2ccc(S(C)(=O)=O)cc2)c(-c2ccc(OC)c(C)c2)c1C(F)(F)F. The summed E-state index contributed by atoms with van der Waals surface area (Å²) in [6, 6.07) is 8.16. The van der Waals surface area contributed by atoms with Crippen LogP contribution in [0.1, 0.15) is 30.6 Å². The Hall–Kier alpha value is -3.34. The number of benzene rings is 2. The number of methoxy groups -OCH3 is 1. The zero-order valence-electron chi connectivity index (χ0n) is 18.8. The van der Waals surface area contributed by atoms with Gasteiger partial charge in [0.2, 0.25) is 0 Å². The van der Waals surface area contributed by atoms with E-state index in [1.54, 1.807) is 6.92 Å². The number of nitrogens with zero attached hydrogens (tertiary/aromatic N) is 2. The summed E-state index contributed by atoms with van der Waals surface area (Å²) in [7, 11) is -2.09. The van der Waals surface area contributed by atoms with Crippen molar-refractivity contribution in [3.63, 3.8) is 0 Å². The molecule has 0 aliphatic heterocycles. The van der Waals surface area contributed by atoms with Crippen molar-refractivity contribution >= 4 is 15.8 Å². The van der Waals surface area contributed by atoms with Crippen molar-refractivity contribution in [2.24, 2.45) is 0 Å². The first-order chi connectivity index (χ1) is 15.8. The molecule has 1 N–H and O–H groups in total. The molecule has 182 valence electrons. The average molecular weight is 497 g/mol. The molecule has 0 saturated heterocycles. The average Bonchev–Trinajstić information content (AvgIpc) is 3.14. The highest BCUT2D eigenvalue weighted by atomic mass is 32.2. The van der Waals surface area contributed by atoms with Gasteiger partial charge in [-0.3, -0.25) is 0 Å². The van der Waals surface area contributed by atoms with Crippen LogP contribution in [0.15, 0.2) is 47.4 Å². The van der Waals surface area contributed by atoms with Crippen molar-refractivity contribution in [2.45, 2.75) is 37.4 Å². The summed E-state index contributed by atoms with van der Waals surface area (Å²) in [4.78, 5) is 11.8. The number of rotatable bonds is 7. The largest absolute Gasteiger partial charge is 0.496 e. The molecule has 0 saturated carbocycles. The Morgan fingerprint density at radius 1 is 1.15 bits per heavy atom. The Morgan fingerprint density at radius 3 is 2.18 bits per heavy atom. The summed E-state index contributed by atoms with van der Waals surface area (Å²) in [5, 5.41) is 13.7. The van der Waals surface area contributed by atoms with E-state index in [-0.39, 0.29) is 33.7 Å². The van der Waals surface area contributed by atoms with Crippen molar-refractivity contribution in [1.29, 1.82) is 0 Å². The molecule has 11 heteroatoms. The first kappa shape index (κ1) is 25.3. The Bertz CT molecular complexity index is 1330. The second-order valence-electron chi connectivity index (χ2n) is 7.76.